The van der Waals surface area contributed by atoms with Crippen LogP contribution in [0, 0.1) is 0 Å². The zero-order chi connectivity index (χ0) is 21.0. The molecule has 5 heteroatoms. The number of esters is 1. The minimum absolute atomic E-state index is 0.276. The number of likely N-dealkylation sites (N-methyl/N-ethyl adjacent to an activating group) is 1. The molecule has 0 aliphatic rings. The average Bonchev–Trinajstić information content (AvgIpc) is 2.76. The molecule has 0 radical (unpaired) electrons. The predicted octanol–water partition coefficient (Wildman–Crippen LogP) is 4.32. The van der Waals surface area contributed by atoms with Crippen molar-refractivity contribution < 1.29 is 19.1 Å². The summed E-state index contributed by atoms with van der Waals surface area (Å²) in [4.78, 5) is 26.9. The van der Waals surface area contributed by atoms with Crippen molar-refractivity contribution in [2.24, 2.45) is 0 Å². The SMILES string of the molecule is COc1ccc2cc([C@H](C)C(=O)O[C@H](C(=O)N(C)C)c3ccccc3)ccc2c1. The number of amides is 1. The third-order valence-electron chi connectivity index (χ3n) is 4.93. The van der Waals surface area contributed by atoms with E-state index in [2.05, 4.69) is 0 Å². The van der Waals surface area contributed by atoms with Crippen molar-refractivity contribution in [1.29, 1.82) is 0 Å². The largest absolute Gasteiger partial charge is 0.497 e. The van der Waals surface area contributed by atoms with Crippen molar-refractivity contribution in [2.75, 3.05) is 21.2 Å². The zero-order valence-corrected chi connectivity index (χ0v) is 17.1. The van der Waals surface area contributed by atoms with E-state index >= 15 is 0 Å². The second-order valence-corrected chi connectivity index (χ2v) is 7.15. The lowest BCUT2D eigenvalue weighted by Crippen LogP contribution is -2.32. The molecule has 0 fully saturated rings. The van der Waals surface area contributed by atoms with Gasteiger partial charge in [0, 0.05) is 19.7 Å². The summed E-state index contributed by atoms with van der Waals surface area (Å²) in [6.45, 7) is 1.79. The fourth-order valence-corrected chi connectivity index (χ4v) is 3.12. The smallest absolute Gasteiger partial charge is 0.314 e. The van der Waals surface area contributed by atoms with E-state index in [0.717, 1.165) is 22.1 Å². The van der Waals surface area contributed by atoms with E-state index < -0.39 is 18.0 Å². The highest BCUT2D eigenvalue weighted by molar-refractivity contribution is 5.89. The van der Waals surface area contributed by atoms with Gasteiger partial charge >= 0.3 is 5.97 Å². The Labute approximate surface area is 170 Å². The summed E-state index contributed by atoms with van der Waals surface area (Å²) >= 11 is 0. The van der Waals surface area contributed by atoms with Crippen molar-refractivity contribution in [3.63, 3.8) is 0 Å². The Morgan fingerprint density at radius 2 is 1.52 bits per heavy atom. The number of fused-ring (bicyclic) bond motifs is 1. The Balaban J connectivity index is 1.84. The van der Waals surface area contributed by atoms with Crippen molar-refractivity contribution in [2.45, 2.75) is 18.9 Å². The number of benzene rings is 3. The molecule has 5 nitrogen and oxygen atoms in total. The molecular weight excluding hydrogens is 366 g/mol. The highest BCUT2D eigenvalue weighted by Gasteiger charge is 2.29. The lowest BCUT2D eigenvalue weighted by molar-refractivity contribution is -0.160. The molecule has 2 atom stereocenters. The summed E-state index contributed by atoms with van der Waals surface area (Å²) in [6, 6.07) is 20.7. The highest BCUT2D eigenvalue weighted by atomic mass is 16.5. The van der Waals surface area contributed by atoms with E-state index in [1.807, 2.05) is 54.6 Å². The predicted molar refractivity (Wildman–Crippen MR) is 113 cm³/mol. The maximum Gasteiger partial charge on any atom is 0.314 e. The van der Waals surface area contributed by atoms with Crippen LogP contribution >= 0.6 is 0 Å². The molecule has 3 aromatic rings. The van der Waals surface area contributed by atoms with Gasteiger partial charge in [-0.2, -0.15) is 0 Å². The fraction of sp³-hybridized carbons (Fsp3) is 0.250. The Hall–Kier alpha value is -3.34. The van der Waals surface area contributed by atoms with Gasteiger partial charge in [-0.05, 0) is 35.4 Å². The van der Waals surface area contributed by atoms with Crippen LogP contribution in [0.2, 0.25) is 0 Å². The van der Waals surface area contributed by atoms with Gasteiger partial charge < -0.3 is 14.4 Å². The molecule has 0 unspecified atom stereocenters. The van der Waals surface area contributed by atoms with Gasteiger partial charge in [0.05, 0.1) is 13.0 Å². The maximum atomic E-state index is 12.9. The summed E-state index contributed by atoms with van der Waals surface area (Å²) in [5, 5.41) is 2.03. The average molecular weight is 391 g/mol. The molecule has 0 spiro atoms. The number of ether oxygens (including phenoxy) is 2. The van der Waals surface area contributed by atoms with Gasteiger partial charge in [-0.15, -0.1) is 0 Å². The van der Waals surface area contributed by atoms with E-state index in [4.69, 9.17) is 9.47 Å². The van der Waals surface area contributed by atoms with Gasteiger partial charge in [0.15, 0.2) is 0 Å². The third-order valence-corrected chi connectivity index (χ3v) is 4.93. The monoisotopic (exact) mass is 391 g/mol. The van der Waals surface area contributed by atoms with Gasteiger partial charge in [0.25, 0.3) is 5.91 Å². The Morgan fingerprint density at radius 3 is 2.17 bits per heavy atom. The van der Waals surface area contributed by atoms with Crippen LogP contribution in [0.3, 0.4) is 0 Å². The molecule has 3 rings (SSSR count). The number of carbonyl (C=O) groups is 2. The number of carbonyl (C=O) groups excluding carboxylic acids is 2. The summed E-state index contributed by atoms with van der Waals surface area (Å²) < 4.78 is 10.9. The topological polar surface area (TPSA) is 55.8 Å². The van der Waals surface area contributed by atoms with Crippen LogP contribution < -0.4 is 4.74 Å². The van der Waals surface area contributed by atoms with Gasteiger partial charge in [0.1, 0.15) is 5.75 Å². The van der Waals surface area contributed by atoms with Crippen molar-refractivity contribution in [1.82, 2.24) is 4.90 Å². The van der Waals surface area contributed by atoms with Gasteiger partial charge in [-0.1, -0.05) is 54.6 Å². The number of methoxy groups -OCH3 is 1. The molecule has 0 saturated carbocycles. The third kappa shape index (κ3) is 4.57. The first-order chi connectivity index (χ1) is 13.9. The second-order valence-electron chi connectivity index (χ2n) is 7.15. The van der Waals surface area contributed by atoms with Crippen LogP contribution in [-0.2, 0) is 14.3 Å². The first-order valence-electron chi connectivity index (χ1n) is 9.45. The first kappa shape index (κ1) is 20.4. The molecule has 150 valence electrons. The van der Waals surface area contributed by atoms with Gasteiger partial charge in [-0.3, -0.25) is 9.59 Å². The van der Waals surface area contributed by atoms with Crippen molar-refractivity contribution in [3.8, 4) is 5.75 Å². The second kappa shape index (κ2) is 8.78. The normalized spacial score (nSPS) is 12.8. The molecule has 3 aromatic carbocycles. The quantitative estimate of drug-likeness (QED) is 0.587. The van der Waals surface area contributed by atoms with E-state index in [1.54, 1.807) is 40.3 Å². The maximum absolute atomic E-state index is 12.9. The standard InChI is InChI=1S/C24H25NO4/c1-16(18-10-11-20-15-21(28-4)13-12-19(20)14-18)24(27)29-22(23(26)25(2)3)17-8-6-5-7-9-17/h5-16,22H,1-4H3/t16-,22-/m0/s1. The van der Waals surface area contributed by atoms with Crippen LogP contribution in [0.25, 0.3) is 10.8 Å². The Bertz CT molecular complexity index is 1010. The lowest BCUT2D eigenvalue weighted by Gasteiger charge is -2.23. The summed E-state index contributed by atoms with van der Waals surface area (Å²) in [5.41, 5.74) is 1.48. The molecule has 0 aliphatic carbocycles. The minimum atomic E-state index is -0.967. The summed E-state index contributed by atoms with van der Waals surface area (Å²) in [5.74, 6) is -0.447. The van der Waals surface area contributed by atoms with Crippen LogP contribution in [0.15, 0.2) is 66.7 Å². The van der Waals surface area contributed by atoms with Crippen LogP contribution in [-0.4, -0.2) is 38.0 Å². The Morgan fingerprint density at radius 1 is 0.862 bits per heavy atom. The molecule has 29 heavy (non-hydrogen) atoms. The number of hydrogen-bond acceptors (Lipinski definition) is 4. The van der Waals surface area contributed by atoms with Crippen LogP contribution in [0.1, 0.15) is 30.1 Å². The van der Waals surface area contributed by atoms with Crippen molar-refractivity contribution >= 4 is 22.6 Å². The van der Waals surface area contributed by atoms with Gasteiger partial charge in [0.2, 0.25) is 6.10 Å². The molecule has 0 bridgehead atoms. The fourth-order valence-electron chi connectivity index (χ4n) is 3.12. The first-order valence-corrected chi connectivity index (χ1v) is 9.45. The zero-order valence-electron chi connectivity index (χ0n) is 17.1. The highest BCUT2D eigenvalue weighted by Crippen LogP contribution is 2.28. The molecule has 0 heterocycles. The number of nitrogens with zero attached hydrogens (tertiary/aromatic N) is 1. The molecule has 0 N–H and O–H groups in total. The van der Waals surface area contributed by atoms with Crippen LogP contribution in [0.5, 0.6) is 5.75 Å². The summed E-state index contributed by atoms with van der Waals surface area (Å²) in [7, 11) is 4.92. The minimum Gasteiger partial charge on any atom is -0.497 e. The molecule has 0 saturated heterocycles. The lowest BCUT2D eigenvalue weighted by atomic mass is 9.97. The van der Waals surface area contributed by atoms with E-state index in [9.17, 15) is 9.59 Å². The molecular formula is C24H25NO4. The number of hydrogen-bond donors (Lipinski definition) is 0. The van der Waals surface area contributed by atoms with E-state index in [0.29, 0.717) is 5.56 Å². The molecule has 1 amide bonds. The van der Waals surface area contributed by atoms with Crippen LogP contribution in [0.4, 0.5) is 0 Å². The van der Waals surface area contributed by atoms with E-state index in [1.165, 1.54) is 4.90 Å². The summed E-state index contributed by atoms with van der Waals surface area (Å²) in [6.07, 6.45) is -0.967. The van der Waals surface area contributed by atoms with E-state index in [-0.39, 0.29) is 5.91 Å². The Kier molecular flexibility index (Phi) is 6.17. The number of rotatable bonds is 6. The van der Waals surface area contributed by atoms with Gasteiger partial charge in [-0.25, -0.2) is 0 Å². The van der Waals surface area contributed by atoms with Crippen molar-refractivity contribution in [3.05, 3.63) is 77.9 Å². The molecule has 0 aromatic heterocycles. The molecule has 0 aliphatic heterocycles.